The number of hydrogen-bond donors (Lipinski definition) is 1. The van der Waals surface area contributed by atoms with Gasteiger partial charge in [-0.2, -0.15) is 0 Å². The molecule has 0 radical (unpaired) electrons. The maximum absolute atomic E-state index is 5.09. The zero-order chi connectivity index (χ0) is 10.2. The summed E-state index contributed by atoms with van der Waals surface area (Å²) < 4.78 is 5.09. The van der Waals surface area contributed by atoms with Crippen LogP contribution in [0.4, 0.5) is 0 Å². The van der Waals surface area contributed by atoms with Crippen molar-refractivity contribution in [3.63, 3.8) is 0 Å². The Kier molecular flexibility index (Phi) is 6.20. The molecule has 14 heavy (non-hydrogen) atoms. The fourth-order valence-electron chi connectivity index (χ4n) is 2.40. The van der Waals surface area contributed by atoms with Crippen molar-refractivity contribution >= 4 is 0 Å². The minimum Gasteiger partial charge on any atom is -0.385 e. The average Bonchev–Trinajstić information content (AvgIpc) is 2.46. The second kappa shape index (κ2) is 7.24. The first-order valence-electron chi connectivity index (χ1n) is 6.04. The van der Waals surface area contributed by atoms with Gasteiger partial charge in [0.05, 0.1) is 0 Å². The summed E-state index contributed by atoms with van der Waals surface area (Å²) in [4.78, 5) is 0. The van der Waals surface area contributed by atoms with Crippen LogP contribution in [0, 0.1) is 11.8 Å². The molecule has 1 heterocycles. The van der Waals surface area contributed by atoms with Crippen molar-refractivity contribution in [1.29, 1.82) is 0 Å². The lowest BCUT2D eigenvalue weighted by molar-refractivity contribution is 0.179. The van der Waals surface area contributed by atoms with Crippen LogP contribution in [-0.2, 0) is 4.74 Å². The molecule has 1 aliphatic heterocycles. The largest absolute Gasteiger partial charge is 0.385 e. The summed E-state index contributed by atoms with van der Waals surface area (Å²) in [5.74, 6) is 1.83. The summed E-state index contributed by atoms with van der Waals surface area (Å²) in [5.41, 5.74) is 0. The monoisotopic (exact) mass is 199 g/mol. The van der Waals surface area contributed by atoms with E-state index >= 15 is 0 Å². The Labute approximate surface area is 88.4 Å². The molecule has 1 fully saturated rings. The minimum absolute atomic E-state index is 0.880. The molecule has 84 valence electrons. The van der Waals surface area contributed by atoms with E-state index in [1.807, 2.05) is 0 Å². The van der Waals surface area contributed by atoms with E-state index in [2.05, 4.69) is 12.2 Å². The lowest BCUT2D eigenvalue weighted by Gasteiger charge is -2.21. The molecule has 0 bridgehead atoms. The molecule has 1 aliphatic rings. The summed E-state index contributed by atoms with van der Waals surface area (Å²) in [5, 5.41) is 3.47. The molecule has 1 saturated heterocycles. The van der Waals surface area contributed by atoms with E-state index in [0.717, 1.165) is 18.4 Å². The Hall–Kier alpha value is -0.0800. The second-order valence-electron chi connectivity index (χ2n) is 4.55. The van der Waals surface area contributed by atoms with E-state index < -0.39 is 0 Å². The summed E-state index contributed by atoms with van der Waals surface area (Å²) in [6, 6.07) is 0. The van der Waals surface area contributed by atoms with Gasteiger partial charge < -0.3 is 10.1 Å². The lowest BCUT2D eigenvalue weighted by atomic mass is 9.85. The number of nitrogens with one attached hydrogen (secondary N) is 1. The minimum atomic E-state index is 0.880. The third-order valence-corrected chi connectivity index (χ3v) is 3.43. The molecule has 2 atom stereocenters. The van der Waals surface area contributed by atoms with Crippen molar-refractivity contribution < 1.29 is 4.74 Å². The first-order valence-corrected chi connectivity index (χ1v) is 6.04. The molecule has 2 nitrogen and oxygen atoms in total. The number of rotatable bonds is 5. The SMILES string of the molecule is COCCCC(C)C1CCCNCC1. The van der Waals surface area contributed by atoms with E-state index in [1.54, 1.807) is 7.11 Å². The van der Waals surface area contributed by atoms with E-state index in [1.165, 1.54) is 45.2 Å². The number of hydrogen-bond acceptors (Lipinski definition) is 2. The fraction of sp³-hybridized carbons (Fsp3) is 1.00. The van der Waals surface area contributed by atoms with Crippen LogP contribution in [-0.4, -0.2) is 26.8 Å². The fourth-order valence-corrected chi connectivity index (χ4v) is 2.40. The summed E-state index contributed by atoms with van der Waals surface area (Å²) in [6.07, 6.45) is 6.70. The van der Waals surface area contributed by atoms with Crippen LogP contribution in [0.2, 0.25) is 0 Å². The molecule has 0 aliphatic carbocycles. The number of methoxy groups -OCH3 is 1. The van der Waals surface area contributed by atoms with Crippen LogP contribution < -0.4 is 5.32 Å². The molecule has 0 aromatic carbocycles. The van der Waals surface area contributed by atoms with E-state index in [9.17, 15) is 0 Å². The topological polar surface area (TPSA) is 21.3 Å². The van der Waals surface area contributed by atoms with Gasteiger partial charge in [-0.25, -0.2) is 0 Å². The summed E-state index contributed by atoms with van der Waals surface area (Å²) in [7, 11) is 1.79. The van der Waals surface area contributed by atoms with Gasteiger partial charge in [0.25, 0.3) is 0 Å². The zero-order valence-electron chi connectivity index (χ0n) is 9.72. The van der Waals surface area contributed by atoms with Gasteiger partial charge in [0, 0.05) is 13.7 Å². The van der Waals surface area contributed by atoms with Gasteiger partial charge in [0.1, 0.15) is 0 Å². The van der Waals surface area contributed by atoms with Crippen molar-refractivity contribution in [2.45, 2.75) is 39.0 Å². The molecule has 2 heteroatoms. The maximum atomic E-state index is 5.09. The van der Waals surface area contributed by atoms with Gasteiger partial charge in [-0.1, -0.05) is 6.92 Å². The molecule has 2 unspecified atom stereocenters. The standard InChI is InChI=1S/C12H25NO/c1-11(5-4-10-14-2)12-6-3-8-13-9-7-12/h11-13H,3-10H2,1-2H3. The van der Waals surface area contributed by atoms with Gasteiger partial charge in [-0.05, 0) is 57.0 Å². The highest BCUT2D eigenvalue weighted by Crippen LogP contribution is 2.25. The van der Waals surface area contributed by atoms with Crippen LogP contribution >= 0.6 is 0 Å². The van der Waals surface area contributed by atoms with E-state index in [0.29, 0.717) is 0 Å². The van der Waals surface area contributed by atoms with Crippen molar-refractivity contribution in [2.75, 3.05) is 26.8 Å². The van der Waals surface area contributed by atoms with Crippen LogP contribution in [0.3, 0.4) is 0 Å². The first kappa shape index (κ1) is 12.0. The number of ether oxygens (including phenoxy) is 1. The third-order valence-electron chi connectivity index (χ3n) is 3.43. The molecule has 0 amide bonds. The van der Waals surface area contributed by atoms with Crippen molar-refractivity contribution in [1.82, 2.24) is 5.32 Å². The van der Waals surface area contributed by atoms with E-state index in [-0.39, 0.29) is 0 Å². The Bertz CT molecular complexity index is 130. The predicted octanol–water partition coefficient (Wildman–Crippen LogP) is 2.44. The van der Waals surface area contributed by atoms with Crippen molar-refractivity contribution in [3.05, 3.63) is 0 Å². The highest BCUT2D eigenvalue weighted by molar-refractivity contribution is 4.71. The molecule has 0 aromatic heterocycles. The molecule has 1 rings (SSSR count). The van der Waals surface area contributed by atoms with Crippen molar-refractivity contribution in [3.8, 4) is 0 Å². The van der Waals surface area contributed by atoms with E-state index in [4.69, 9.17) is 4.74 Å². The van der Waals surface area contributed by atoms with Gasteiger partial charge in [0.15, 0.2) is 0 Å². The first-order chi connectivity index (χ1) is 6.84. The van der Waals surface area contributed by atoms with Crippen LogP contribution in [0.25, 0.3) is 0 Å². The highest BCUT2D eigenvalue weighted by Gasteiger charge is 2.18. The Balaban J connectivity index is 2.16. The second-order valence-corrected chi connectivity index (χ2v) is 4.55. The Morgan fingerprint density at radius 2 is 2.21 bits per heavy atom. The normalized spacial score (nSPS) is 25.7. The van der Waals surface area contributed by atoms with Crippen molar-refractivity contribution in [2.24, 2.45) is 11.8 Å². The quantitative estimate of drug-likeness (QED) is 0.687. The van der Waals surface area contributed by atoms with Gasteiger partial charge in [-0.15, -0.1) is 0 Å². The van der Waals surface area contributed by atoms with Gasteiger partial charge in [0.2, 0.25) is 0 Å². The average molecular weight is 199 g/mol. The highest BCUT2D eigenvalue weighted by atomic mass is 16.5. The van der Waals surface area contributed by atoms with Crippen LogP contribution in [0.1, 0.15) is 39.0 Å². The van der Waals surface area contributed by atoms with Gasteiger partial charge >= 0.3 is 0 Å². The smallest absolute Gasteiger partial charge is 0.0462 e. The van der Waals surface area contributed by atoms with Gasteiger partial charge in [-0.3, -0.25) is 0 Å². The zero-order valence-corrected chi connectivity index (χ0v) is 9.72. The molecule has 0 aromatic rings. The lowest BCUT2D eigenvalue weighted by Crippen LogP contribution is -2.16. The predicted molar refractivity (Wildman–Crippen MR) is 60.5 cm³/mol. The molecule has 0 saturated carbocycles. The van der Waals surface area contributed by atoms with Crippen LogP contribution in [0.15, 0.2) is 0 Å². The summed E-state index contributed by atoms with van der Waals surface area (Å²) in [6.45, 7) is 5.78. The molecule has 1 N–H and O–H groups in total. The molecular weight excluding hydrogens is 174 g/mol. The molecule has 0 spiro atoms. The maximum Gasteiger partial charge on any atom is 0.0462 e. The van der Waals surface area contributed by atoms with Crippen LogP contribution in [0.5, 0.6) is 0 Å². The summed E-state index contributed by atoms with van der Waals surface area (Å²) >= 11 is 0. The molecular formula is C12H25NO. The Morgan fingerprint density at radius 3 is 3.00 bits per heavy atom. The Morgan fingerprint density at radius 1 is 1.36 bits per heavy atom. The third kappa shape index (κ3) is 4.43.